The summed E-state index contributed by atoms with van der Waals surface area (Å²) in [6.07, 6.45) is 4.47. The molecule has 1 unspecified atom stereocenters. The van der Waals surface area contributed by atoms with E-state index in [1.807, 2.05) is 24.3 Å². The zero-order chi connectivity index (χ0) is 15.5. The van der Waals surface area contributed by atoms with E-state index in [1.165, 1.54) is 31.0 Å². The lowest BCUT2D eigenvalue weighted by atomic mass is 9.97. The summed E-state index contributed by atoms with van der Waals surface area (Å²) in [5.74, 6) is -0.312. The highest BCUT2D eigenvalue weighted by Gasteiger charge is 2.29. The second kappa shape index (κ2) is 7.01. The summed E-state index contributed by atoms with van der Waals surface area (Å²) in [6.45, 7) is 0. The Kier molecular flexibility index (Phi) is 5.04. The minimum absolute atomic E-state index is 0.0561. The summed E-state index contributed by atoms with van der Waals surface area (Å²) in [6, 6.07) is 11.3. The largest absolute Gasteiger partial charge is 0.207 e. The zero-order valence-corrected chi connectivity index (χ0v) is 13.6. The molecule has 1 atom stereocenters. The molecule has 2 aromatic carbocycles. The first kappa shape index (κ1) is 15.8. The van der Waals surface area contributed by atoms with Crippen molar-refractivity contribution in [2.75, 3.05) is 0 Å². The van der Waals surface area contributed by atoms with Gasteiger partial charge in [-0.1, -0.05) is 24.4 Å². The second-order valence-corrected chi connectivity index (χ2v) is 7.35. The summed E-state index contributed by atoms with van der Waals surface area (Å²) in [5, 5.41) is 0.623. The Morgan fingerprint density at radius 3 is 2.36 bits per heavy atom. The average molecular weight is 339 g/mol. The molecular weight excluding hydrogens is 322 g/mol. The van der Waals surface area contributed by atoms with Crippen molar-refractivity contribution < 1.29 is 8.78 Å². The molecule has 116 valence electrons. The number of rotatable bonds is 4. The number of hydrogen-bond acceptors (Lipinski definition) is 1. The van der Waals surface area contributed by atoms with Crippen LogP contribution in [0.3, 0.4) is 0 Å². The van der Waals surface area contributed by atoms with E-state index in [2.05, 4.69) is 0 Å². The fourth-order valence-electron chi connectivity index (χ4n) is 3.07. The van der Waals surface area contributed by atoms with Gasteiger partial charge in [0.15, 0.2) is 0 Å². The highest BCUT2D eigenvalue weighted by Crippen LogP contribution is 2.47. The van der Waals surface area contributed by atoms with E-state index in [0.717, 1.165) is 17.7 Å². The molecule has 3 rings (SSSR count). The van der Waals surface area contributed by atoms with Crippen LogP contribution in [-0.2, 0) is 0 Å². The predicted molar refractivity (Wildman–Crippen MR) is 88.4 cm³/mol. The molecule has 0 bridgehead atoms. The van der Waals surface area contributed by atoms with E-state index in [9.17, 15) is 8.78 Å². The van der Waals surface area contributed by atoms with E-state index in [0.29, 0.717) is 16.5 Å². The molecule has 1 saturated carbocycles. The lowest BCUT2D eigenvalue weighted by Crippen LogP contribution is -2.09. The van der Waals surface area contributed by atoms with Gasteiger partial charge in [0.05, 0.1) is 0 Å². The molecule has 0 spiro atoms. The van der Waals surface area contributed by atoms with Crippen LogP contribution in [0.15, 0.2) is 47.4 Å². The first-order valence-corrected chi connectivity index (χ1v) is 8.76. The molecule has 1 aliphatic rings. The van der Waals surface area contributed by atoms with E-state index >= 15 is 0 Å². The van der Waals surface area contributed by atoms with Gasteiger partial charge in [-0.2, -0.15) is 0 Å². The maximum absolute atomic E-state index is 14.2. The summed E-state index contributed by atoms with van der Waals surface area (Å²) < 4.78 is 27.8. The van der Waals surface area contributed by atoms with E-state index in [-0.39, 0.29) is 16.9 Å². The van der Waals surface area contributed by atoms with E-state index in [1.54, 1.807) is 11.8 Å². The third kappa shape index (κ3) is 3.64. The van der Waals surface area contributed by atoms with Gasteiger partial charge < -0.3 is 0 Å². The quantitative estimate of drug-likeness (QED) is 0.563. The van der Waals surface area contributed by atoms with Crippen molar-refractivity contribution in [1.82, 2.24) is 0 Å². The topological polar surface area (TPSA) is 0 Å². The lowest BCUT2D eigenvalue weighted by Gasteiger charge is -2.24. The van der Waals surface area contributed by atoms with Crippen LogP contribution in [0.4, 0.5) is 8.78 Å². The van der Waals surface area contributed by atoms with Crippen molar-refractivity contribution in [3.63, 3.8) is 0 Å². The minimum atomic E-state index is -0.379. The fraction of sp³-hybridized carbons (Fsp3) is 0.333. The van der Waals surface area contributed by atoms with Gasteiger partial charge in [0, 0.05) is 20.7 Å². The Bertz CT molecular complexity index is 636. The maximum atomic E-state index is 14.2. The van der Waals surface area contributed by atoms with Gasteiger partial charge in [0.1, 0.15) is 11.6 Å². The second-order valence-electron chi connectivity index (χ2n) is 5.70. The molecule has 0 aromatic heterocycles. The van der Waals surface area contributed by atoms with Crippen LogP contribution in [0.5, 0.6) is 0 Å². The molecule has 0 radical (unpaired) electrons. The Hall–Kier alpha value is -1.06. The molecule has 2 aromatic rings. The standard InChI is InChI=1S/C18H17ClF2S/c19-13-5-8-15(9-6-13)22-18(12-3-1-2-4-12)16-11-14(20)7-10-17(16)21/h5-12,18H,1-4H2. The molecule has 0 aliphatic heterocycles. The van der Waals surface area contributed by atoms with E-state index < -0.39 is 0 Å². The molecule has 0 saturated heterocycles. The highest BCUT2D eigenvalue weighted by molar-refractivity contribution is 7.99. The Morgan fingerprint density at radius 2 is 1.68 bits per heavy atom. The lowest BCUT2D eigenvalue weighted by molar-refractivity contribution is 0.505. The van der Waals surface area contributed by atoms with Gasteiger partial charge >= 0.3 is 0 Å². The number of benzene rings is 2. The van der Waals surface area contributed by atoms with Crippen LogP contribution >= 0.6 is 23.4 Å². The Balaban J connectivity index is 1.92. The summed E-state index contributed by atoms with van der Waals surface area (Å²) in [7, 11) is 0. The van der Waals surface area contributed by atoms with Crippen molar-refractivity contribution in [2.24, 2.45) is 5.92 Å². The van der Waals surface area contributed by atoms with Crippen molar-refractivity contribution in [1.29, 1.82) is 0 Å². The van der Waals surface area contributed by atoms with Crippen LogP contribution in [0.25, 0.3) is 0 Å². The molecule has 4 heteroatoms. The van der Waals surface area contributed by atoms with Gasteiger partial charge in [0.25, 0.3) is 0 Å². The van der Waals surface area contributed by atoms with Gasteiger partial charge in [-0.05, 0) is 61.2 Å². The third-order valence-electron chi connectivity index (χ3n) is 4.17. The van der Waals surface area contributed by atoms with Crippen LogP contribution in [0, 0.1) is 17.6 Å². The summed E-state index contributed by atoms with van der Waals surface area (Å²) in [5.41, 5.74) is 0.479. The van der Waals surface area contributed by atoms with Gasteiger partial charge in [0.2, 0.25) is 0 Å². The predicted octanol–water partition coefficient (Wildman–Crippen LogP) is 6.64. The maximum Gasteiger partial charge on any atom is 0.127 e. The molecule has 1 aliphatic carbocycles. The number of hydrogen-bond donors (Lipinski definition) is 0. The molecule has 0 heterocycles. The molecule has 0 nitrogen and oxygen atoms in total. The van der Waals surface area contributed by atoms with Gasteiger partial charge in [-0.25, -0.2) is 8.78 Å². The third-order valence-corrected chi connectivity index (χ3v) is 5.86. The average Bonchev–Trinajstić information content (AvgIpc) is 3.03. The summed E-state index contributed by atoms with van der Waals surface area (Å²) in [4.78, 5) is 1.03. The first-order valence-electron chi connectivity index (χ1n) is 7.50. The molecule has 0 N–H and O–H groups in total. The first-order chi connectivity index (χ1) is 10.6. The molecule has 1 fully saturated rings. The van der Waals surface area contributed by atoms with Crippen molar-refractivity contribution in [3.8, 4) is 0 Å². The fourth-order valence-corrected chi connectivity index (χ4v) is 4.55. The van der Waals surface area contributed by atoms with Crippen molar-refractivity contribution >= 4 is 23.4 Å². The molecular formula is C18H17ClF2S. The molecule has 0 amide bonds. The van der Waals surface area contributed by atoms with Crippen LogP contribution in [0.1, 0.15) is 36.5 Å². The minimum Gasteiger partial charge on any atom is -0.207 e. The summed E-state index contributed by atoms with van der Waals surface area (Å²) >= 11 is 7.52. The van der Waals surface area contributed by atoms with Gasteiger partial charge in [-0.15, -0.1) is 11.8 Å². The number of halogens is 3. The van der Waals surface area contributed by atoms with Gasteiger partial charge in [-0.3, -0.25) is 0 Å². The Labute approximate surface area is 138 Å². The van der Waals surface area contributed by atoms with Crippen molar-refractivity contribution in [3.05, 3.63) is 64.7 Å². The SMILES string of the molecule is Fc1ccc(F)c(C(Sc2ccc(Cl)cc2)C2CCCC2)c1. The normalized spacial score (nSPS) is 16.9. The smallest absolute Gasteiger partial charge is 0.127 e. The van der Waals surface area contributed by atoms with Crippen LogP contribution < -0.4 is 0 Å². The molecule has 22 heavy (non-hydrogen) atoms. The number of thioether (sulfide) groups is 1. The highest BCUT2D eigenvalue weighted by atomic mass is 35.5. The van der Waals surface area contributed by atoms with Crippen molar-refractivity contribution in [2.45, 2.75) is 35.8 Å². The Morgan fingerprint density at radius 1 is 1.00 bits per heavy atom. The van der Waals surface area contributed by atoms with E-state index in [4.69, 9.17) is 11.6 Å². The zero-order valence-electron chi connectivity index (χ0n) is 12.1. The van der Waals surface area contributed by atoms with Crippen LogP contribution in [0.2, 0.25) is 5.02 Å². The monoisotopic (exact) mass is 338 g/mol. The van der Waals surface area contributed by atoms with Crippen LogP contribution in [-0.4, -0.2) is 0 Å².